The van der Waals surface area contributed by atoms with Crippen molar-refractivity contribution in [3.8, 4) is 5.75 Å². The minimum atomic E-state index is 0.241. The Morgan fingerprint density at radius 2 is 1.83 bits per heavy atom. The van der Waals surface area contributed by atoms with E-state index < -0.39 is 0 Å². The van der Waals surface area contributed by atoms with Crippen molar-refractivity contribution in [2.24, 2.45) is 4.99 Å². The van der Waals surface area contributed by atoms with Crippen molar-refractivity contribution in [3.63, 3.8) is 0 Å². The van der Waals surface area contributed by atoms with Gasteiger partial charge in [0.25, 0.3) is 0 Å². The van der Waals surface area contributed by atoms with Gasteiger partial charge in [0.05, 0.1) is 13.7 Å². The third kappa shape index (κ3) is 5.88. The largest absolute Gasteiger partial charge is 0.496 e. The van der Waals surface area contributed by atoms with Crippen LogP contribution in [0.2, 0.25) is 0 Å². The van der Waals surface area contributed by atoms with Gasteiger partial charge in [-0.15, -0.1) is 0 Å². The Morgan fingerprint density at radius 3 is 2.50 bits per heavy atom. The molecule has 168 valence electrons. The third-order valence-electron chi connectivity index (χ3n) is 6.72. The maximum Gasteiger partial charge on any atom is 0.191 e. The van der Waals surface area contributed by atoms with Crippen molar-refractivity contribution in [3.05, 3.63) is 29.3 Å². The number of hydrogen-bond acceptors (Lipinski definition) is 4. The quantitative estimate of drug-likeness (QED) is 0.530. The smallest absolute Gasteiger partial charge is 0.191 e. The number of likely N-dealkylation sites (tertiary alicyclic amines) is 2. The summed E-state index contributed by atoms with van der Waals surface area (Å²) in [5, 5.41) is 7.14. The van der Waals surface area contributed by atoms with Crippen LogP contribution in [0.25, 0.3) is 0 Å². The van der Waals surface area contributed by atoms with Crippen molar-refractivity contribution in [1.29, 1.82) is 0 Å². The molecule has 2 N–H and O–H groups in total. The molecule has 0 atom stereocenters. The number of aryl methyl sites for hydroxylation is 1. The molecule has 6 nitrogen and oxygen atoms in total. The number of piperidine rings is 2. The fraction of sp³-hybridized carbons (Fsp3) is 0.708. The lowest BCUT2D eigenvalue weighted by Crippen LogP contribution is -2.62. The lowest BCUT2D eigenvalue weighted by molar-refractivity contribution is 0.0173. The lowest BCUT2D eigenvalue weighted by atomic mass is 9.84. The van der Waals surface area contributed by atoms with Crippen LogP contribution in [-0.2, 0) is 6.54 Å². The Hall–Kier alpha value is -1.79. The van der Waals surface area contributed by atoms with Crippen molar-refractivity contribution in [2.75, 3.05) is 53.4 Å². The van der Waals surface area contributed by atoms with Gasteiger partial charge in [-0.1, -0.05) is 18.6 Å². The average Bonchev–Trinajstić information content (AvgIpc) is 2.78. The van der Waals surface area contributed by atoms with Crippen molar-refractivity contribution >= 4 is 5.96 Å². The minimum Gasteiger partial charge on any atom is -0.496 e. The molecule has 0 amide bonds. The van der Waals surface area contributed by atoms with E-state index in [0.717, 1.165) is 30.4 Å². The highest BCUT2D eigenvalue weighted by Crippen LogP contribution is 2.31. The molecule has 30 heavy (non-hydrogen) atoms. The Morgan fingerprint density at radius 1 is 1.10 bits per heavy atom. The van der Waals surface area contributed by atoms with E-state index in [1.54, 1.807) is 7.11 Å². The molecule has 1 aromatic carbocycles. The molecule has 0 bridgehead atoms. The summed E-state index contributed by atoms with van der Waals surface area (Å²) in [6.07, 6.45) is 6.49. The zero-order valence-corrected chi connectivity index (χ0v) is 19.5. The van der Waals surface area contributed by atoms with E-state index in [1.807, 2.05) is 0 Å². The van der Waals surface area contributed by atoms with Gasteiger partial charge < -0.3 is 20.3 Å². The first kappa shape index (κ1) is 22.9. The highest BCUT2D eigenvalue weighted by atomic mass is 16.5. The summed E-state index contributed by atoms with van der Waals surface area (Å²) in [5.74, 6) is 1.81. The van der Waals surface area contributed by atoms with E-state index in [1.165, 1.54) is 63.8 Å². The fourth-order valence-corrected chi connectivity index (χ4v) is 4.74. The topological polar surface area (TPSA) is 52.1 Å². The Balaban J connectivity index is 1.70. The number of guanidine groups is 1. The fourth-order valence-electron chi connectivity index (χ4n) is 4.74. The SMILES string of the molecule is CCNC(=NCc1ccc(C)cc1OC)NCC1(N2CCCCC2)CCN(C)CC1. The van der Waals surface area contributed by atoms with Crippen LogP contribution in [-0.4, -0.2) is 74.7 Å². The van der Waals surface area contributed by atoms with Crippen molar-refractivity contribution < 1.29 is 4.74 Å². The van der Waals surface area contributed by atoms with Crippen LogP contribution in [0.15, 0.2) is 23.2 Å². The van der Waals surface area contributed by atoms with Crippen LogP contribution in [0.1, 0.15) is 50.2 Å². The molecule has 2 saturated heterocycles. The first-order chi connectivity index (χ1) is 14.6. The molecule has 2 heterocycles. The standard InChI is InChI=1S/C24H41N5O/c1-5-25-23(26-18-21-10-9-20(2)17-22(21)30-4)27-19-24(11-15-28(3)16-12-24)29-13-7-6-8-14-29/h9-10,17H,5-8,11-16,18-19H2,1-4H3,(H2,25,26,27). The second-order valence-electron chi connectivity index (χ2n) is 8.94. The summed E-state index contributed by atoms with van der Waals surface area (Å²) >= 11 is 0. The summed E-state index contributed by atoms with van der Waals surface area (Å²) in [7, 11) is 3.97. The number of benzene rings is 1. The summed E-state index contributed by atoms with van der Waals surface area (Å²) in [6, 6.07) is 6.32. The molecule has 0 aromatic heterocycles. The molecular formula is C24H41N5O. The molecule has 1 aromatic rings. The van der Waals surface area contributed by atoms with Gasteiger partial charge in [-0.05, 0) is 84.4 Å². The van der Waals surface area contributed by atoms with E-state index >= 15 is 0 Å². The second kappa shape index (κ2) is 11.0. The van der Waals surface area contributed by atoms with E-state index in [-0.39, 0.29) is 5.54 Å². The zero-order valence-electron chi connectivity index (χ0n) is 19.5. The molecule has 2 aliphatic rings. The van der Waals surface area contributed by atoms with Gasteiger partial charge in [0.2, 0.25) is 0 Å². The number of ether oxygens (including phenoxy) is 1. The van der Waals surface area contributed by atoms with E-state index in [4.69, 9.17) is 9.73 Å². The number of aliphatic imine (C=N–C) groups is 1. The first-order valence-electron chi connectivity index (χ1n) is 11.7. The predicted molar refractivity (Wildman–Crippen MR) is 125 cm³/mol. The molecule has 0 aliphatic carbocycles. The van der Waals surface area contributed by atoms with Crippen LogP contribution in [0.3, 0.4) is 0 Å². The van der Waals surface area contributed by atoms with E-state index in [2.05, 4.69) is 59.5 Å². The minimum absolute atomic E-state index is 0.241. The van der Waals surface area contributed by atoms with Crippen LogP contribution in [0.4, 0.5) is 0 Å². The summed E-state index contributed by atoms with van der Waals surface area (Å²) < 4.78 is 5.56. The van der Waals surface area contributed by atoms with Gasteiger partial charge in [0.15, 0.2) is 5.96 Å². The molecule has 0 unspecified atom stereocenters. The van der Waals surface area contributed by atoms with Gasteiger partial charge >= 0.3 is 0 Å². The monoisotopic (exact) mass is 415 g/mol. The molecule has 2 aliphatic heterocycles. The van der Waals surface area contributed by atoms with E-state index in [9.17, 15) is 0 Å². The number of rotatable bonds is 7. The van der Waals surface area contributed by atoms with Gasteiger partial charge in [0, 0.05) is 24.2 Å². The lowest BCUT2D eigenvalue weighted by Gasteiger charge is -2.50. The Kier molecular flexibility index (Phi) is 8.40. The van der Waals surface area contributed by atoms with Crippen LogP contribution >= 0.6 is 0 Å². The number of nitrogens with one attached hydrogen (secondary N) is 2. The van der Waals surface area contributed by atoms with Gasteiger partial charge in [-0.3, -0.25) is 4.90 Å². The summed E-state index contributed by atoms with van der Waals surface area (Å²) in [5.41, 5.74) is 2.56. The Bertz CT molecular complexity index is 691. The van der Waals surface area contributed by atoms with Crippen LogP contribution < -0.4 is 15.4 Å². The molecule has 3 rings (SSSR count). The molecular weight excluding hydrogens is 374 g/mol. The van der Waals surface area contributed by atoms with Gasteiger partial charge in [-0.25, -0.2) is 4.99 Å². The third-order valence-corrected chi connectivity index (χ3v) is 6.72. The number of hydrogen-bond donors (Lipinski definition) is 2. The number of nitrogens with zero attached hydrogens (tertiary/aromatic N) is 3. The normalized spacial score (nSPS) is 20.7. The van der Waals surface area contributed by atoms with Crippen LogP contribution in [0, 0.1) is 6.92 Å². The molecule has 6 heteroatoms. The Labute approximate surface area is 183 Å². The summed E-state index contributed by atoms with van der Waals surface area (Å²) in [4.78, 5) is 10.1. The molecule has 0 radical (unpaired) electrons. The first-order valence-corrected chi connectivity index (χ1v) is 11.7. The molecule has 0 saturated carbocycles. The maximum atomic E-state index is 5.56. The van der Waals surface area contributed by atoms with Crippen molar-refractivity contribution in [1.82, 2.24) is 20.4 Å². The van der Waals surface area contributed by atoms with Gasteiger partial charge in [0.1, 0.15) is 5.75 Å². The predicted octanol–water partition coefficient (Wildman–Crippen LogP) is 3.01. The molecule has 0 spiro atoms. The molecule has 2 fully saturated rings. The maximum absolute atomic E-state index is 5.56. The summed E-state index contributed by atoms with van der Waals surface area (Å²) in [6.45, 7) is 11.5. The number of methoxy groups -OCH3 is 1. The van der Waals surface area contributed by atoms with Crippen molar-refractivity contribution in [2.45, 2.75) is 58.0 Å². The van der Waals surface area contributed by atoms with E-state index in [0.29, 0.717) is 6.54 Å². The highest BCUT2D eigenvalue weighted by molar-refractivity contribution is 5.79. The van der Waals surface area contributed by atoms with Gasteiger partial charge in [-0.2, -0.15) is 0 Å². The second-order valence-corrected chi connectivity index (χ2v) is 8.94. The highest BCUT2D eigenvalue weighted by Gasteiger charge is 2.39. The van der Waals surface area contributed by atoms with Crippen LogP contribution in [0.5, 0.6) is 5.75 Å². The average molecular weight is 416 g/mol. The zero-order chi connectivity index (χ0) is 21.4.